The molecule has 18 heavy (non-hydrogen) atoms. The van der Waals surface area contributed by atoms with E-state index in [1.165, 1.54) is 42.0 Å². The molecule has 0 bridgehead atoms. The van der Waals surface area contributed by atoms with E-state index in [1.54, 1.807) is 0 Å². The molecule has 0 spiro atoms. The first-order valence-electron chi connectivity index (χ1n) is 7.02. The zero-order chi connectivity index (χ0) is 12.0. The lowest BCUT2D eigenvalue weighted by Gasteiger charge is -2.21. The minimum atomic E-state index is 0.0529. The third-order valence-corrected chi connectivity index (χ3v) is 4.72. The Labute approximate surface area is 108 Å². The standard InChI is InChI=1S/C17H18O/c1-4-10-15-13(6-1)7-5-11-16(15)17(12-18-17)14-8-2-3-9-14/h1,4-7,10-11,14H,2-3,8-9,12H2. The average molecular weight is 238 g/mol. The Morgan fingerprint density at radius 3 is 2.44 bits per heavy atom. The van der Waals surface area contributed by atoms with E-state index in [-0.39, 0.29) is 5.60 Å². The SMILES string of the molecule is c1ccc2c(C3(C4CCCC4)CO3)cccc2c1. The van der Waals surface area contributed by atoms with Crippen molar-refractivity contribution in [3.8, 4) is 0 Å². The van der Waals surface area contributed by atoms with E-state index < -0.39 is 0 Å². The third-order valence-electron chi connectivity index (χ3n) is 4.72. The second kappa shape index (κ2) is 3.83. The molecule has 1 nitrogen and oxygen atoms in total. The van der Waals surface area contributed by atoms with Crippen LogP contribution in [0, 0.1) is 5.92 Å². The number of fused-ring (bicyclic) bond motifs is 1. The summed E-state index contributed by atoms with van der Waals surface area (Å²) in [5.74, 6) is 0.739. The van der Waals surface area contributed by atoms with Crippen molar-refractivity contribution >= 4 is 10.8 Å². The van der Waals surface area contributed by atoms with E-state index in [9.17, 15) is 0 Å². The molecule has 1 heterocycles. The van der Waals surface area contributed by atoms with E-state index in [0.717, 1.165) is 12.5 Å². The van der Waals surface area contributed by atoms with Crippen molar-refractivity contribution in [1.29, 1.82) is 0 Å². The molecule has 92 valence electrons. The van der Waals surface area contributed by atoms with Crippen LogP contribution in [0.2, 0.25) is 0 Å². The molecule has 1 aliphatic heterocycles. The van der Waals surface area contributed by atoms with Gasteiger partial charge in [-0.1, -0.05) is 55.3 Å². The Morgan fingerprint density at radius 1 is 0.944 bits per heavy atom. The lowest BCUT2D eigenvalue weighted by molar-refractivity contribution is 0.222. The highest BCUT2D eigenvalue weighted by Gasteiger charge is 2.53. The van der Waals surface area contributed by atoms with Crippen molar-refractivity contribution in [3.05, 3.63) is 48.0 Å². The molecule has 1 aliphatic carbocycles. The highest BCUT2D eigenvalue weighted by Crippen LogP contribution is 2.53. The van der Waals surface area contributed by atoms with Crippen LogP contribution in [-0.4, -0.2) is 6.61 Å². The minimum Gasteiger partial charge on any atom is -0.364 e. The summed E-state index contributed by atoms with van der Waals surface area (Å²) in [5.41, 5.74) is 1.48. The van der Waals surface area contributed by atoms with Crippen LogP contribution in [0.25, 0.3) is 10.8 Å². The Balaban J connectivity index is 1.87. The van der Waals surface area contributed by atoms with Gasteiger partial charge in [0.05, 0.1) is 6.61 Å². The average Bonchev–Trinajstić information content (AvgIpc) is 3.04. The normalized spacial score (nSPS) is 27.8. The number of benzene rings is 2. The van der Waals surface area contributed by atoms with E-state index in [2.05, 4.69) is 42.5 Å². The number of ether oxygens (including phenoxy) is 1. The molecule has 0 aromatic heterocycles. The van der Waals surface area contributed by atoms with E-state index in [1.807, 2.05) is 0 Å². The van der Waals surface area contributed by atoms with Crippen molar-refractivity contribution in [2.24, 2.45) is 5.92 Å². The van der Waals surface area contributed by atoms with Gasteiger partial charge in [-0.3, -0.25) is 0 Å². The number of epoxide rings is 1. The predicted molar refractivity (Wildman–Crippen MR) is 73.5 cm³/mol. The topological polar surface area (TPSA) is 12.5 Å². The van der Waals surface area contributed by atoms with Crippen molar-refractivity contribution in [2.45, 2.75) is 31.3 Å². The Morgan fingerprint density at radius 2 is 1.67 bits per heavy atom. The largest absolute Gasteiger partial charge is 0.364 e. The quantitative estimate of drug-likeness (QED) is 0.712. The Bertz CT molecular complexity index is 572. The highest BCUT2D eigenvalue weighted by atomic mass is 16.6. The van der Waals surface area contributed by atoms with Crippen LogP contribution in [-0.2, 0) is 10.3 Å². The molecule has 2 aromatic carbocycles. The summed E-state index contributed by atoms with van der Waals surface area (Å²) >= 11 is 0. The maximum atomic E-state index is 5.97. The molecular weight excluding hydrogens is 220 g/mol. The van der Waals surface area contributed by atoms with E-state index in [4.69, 9.17) is 4.74 Å². The van der Waals surface area contributed by atoms with Crippen molar-refractivity contribution < 1.29 is 4.74 Å². The van der Waals surface area contributed by atoms with Gasteiger partial charge in [-0.25, -0.2) is 0 Å². The summed E-state index contributed by atoms with van der Waals surface area (Å²) < 4.78 is 5.97. The first kappa shape index (κ1) is 10.6. The first-order chi connectivity index (χ1) is 8.90. The van der Waals surface area contributed by atoms with Crippen LogP contribution in [0.1, 0.15) is 31.2 Å². The van der Waals surface area contributed by atoms with Gasteiger partial charge in [-0.2, -0.15) is 0 Å². The van der Waals surface area contributed by atoms with Gasteiger partial charge in [0, 0.05) is 0 Å². The molecule has 0 radical (unpaired) electrons. The summed E-state index contributed by atoms with van der Waals surface area (Å²) in [4.78, 5) is 0. The molecule has 1 heteroatoms. The molecule has 1 saturated carbocycles. The van der Waals surface area contributed by atoms with Crippen LogP contribution < -0.4 is 0 Å². The molecule has 0 N–H and O–H groups in total. The molecule has 1 unspecified atom stereocenters. The van der Waals surface area contributed by atoms with Crippen LogP contribution >= 0.6 is 0 Å². The van der Waals surface area contributed by atoms with Gasteiger partial charge in [0.15, 0.2) is 0 Å². The second-order valence-electron chi connectivity index (χ2n) is 5.69. The van der Waals surface area contributed by atoms with Gasteiger partial charge in [0.1, 0.15) is 5.60 Å². The van der Waals surface area contributed by atoms with E-state index >= 15 is 0 Å². The monoisotopic (exact) mass is 238 g/mol. The smallest absolute Gasteiger partial charge is 0.120 e. The van der Waals surface area contributed by atoms with Gasteiger partial charge in [-0.05, 0) is 35.1 Å². The number of hydrogen-bond acceptors (Lipinski definition) is 1. The summed E-state index contributed by atoms with van der Waals surface area (Å²) in [6.07, 6.45) is 5.42. The summed E-state index contributed by atoms with van der Waals surface area (Å²) in [7, 11) is 0. The van der Waals surface area contributed by atoms with Gasteiger partial charge in [-0.15, -0.1) is 0 Å². The summed E-state index contributed by atoms with van der Waals surface area (Å²) in [5, 5.41) is 2.72. The van der Waals surface area contributed by atoms with Gasteiger partial charge >= 0.3 is 0 Å². The molecule has 1 atom stereocenters. The molecule has 2 fully saturated rings. The van der Waals surface area contributed by atoms with Crippen LogP contribution in [0.5, 0.6) is 0 Å². The molecule has 0 amide bonds. The van der Waals surface area contributed by atoms with Crippen LogP contribution in [0.4, 0.5) is 0 Å². The molecule has 2 aliphatic rings. The lowest BCUT2D eigenvalue weighted by Crippen LogP contribution is -2.19. The maximum Gasteiger partial charge on any atom is 0.120 e. The Kier molecular flexibility index (Phi) is 2.25. The van der Waals surface area contributed by atoms with Crippen molar-refractivity contribution in [1.82, 2.24) is 0 Å². The maximum absolute atomic E-state index is 5.97. The van der Waals surface area contributed by atoms with Crippen LogP contribution in [0.3, 0.4) is 0 Å². The fraction of sp³-hybridized carbons (Fsp3) is 0.412. The minimum absolute atomic E-state index is 0.0529. The zero-order valence-electron chi connectivity index (χ0n) is 10.6. The predicted octanol–water partition coefficient (Wildman–Crippen LogP) is 4.26. The number of rotatable bonds is 2. The van der Waals surface area contributed by atoms with Crippen molar-refractivity contribution in [3.63, 3.8) is 0 Å². The highest BCUT2D eigenvalue weighted by molar-refractivity contribution is 5.86. The van der Waals surface area contributed by atoms with E-state index in [0.29, 0.717) is 0 Å². The molecule has 2 aromatic rings. The Hall–Kier alpha value is -1.34. The van der Waals surface area contributed by atoms with Gasteiger partial charge in [0.25, 0.3) is 0 Å². The van der Waals surface area contributed by atoms with Gasteiger partial charge < -0.3 is 4.74 Å². The third kappa shape index (κ3) is 1.44. The van der Waals surface area contributed by atoms with Gasteiger partial charge in [0.2, 0.25) is 0 Å². The van der Waals surface area contributed by atoms with Crippen molar-refractivity contribution in [2.75, 3.05) is 6.61 Å². The fourth-order valence-corrected chi connectivity index (χ4v) is 3.68. The lowest BCUT2D eigenvalue weighted by atomic mass is 9.83. The van der Waals surface area contributed by atoms with Crippen LogP contribution in [0.15, 0.2) is 42.5 Å². The molecular formula is C17H18O. The number of hydrogen-bond donors (Lipinski definition) is 0. The summed E-state index contributed by atoms with van der Waals surface area (Å²) in [6.45, 7) is 0.922. The second-order valence-corrected chi connectivity index (χ2v) is 5.69. The molecule has 1 saturated heterocycles. The first-order valence-corrected chi connectivity index (χ1v) is 7.02. The summed E-state index contributed by atoms with van der Waals surface area (Å²) in [6, 6.07) is 15.3. The molecule has 4 rings (SSSR count). The zero-order valence-corrected chi connectivity index (χ0v) is 10.6. The fourth-order valence-electron chi connectivity index (χ4n) is 3.68.